The summed E-state index contributed by atoms with van der Waals surface area (Å²) in [6.45, 7) is 2.16. The number of fused-ring (bicyclic) bond motifs is 1. The molecule has 0 atom stereocenters. The SMILES string of the molecule is COc1ccc2c(Cl)ncc(N3CCN(S(C)(=O)=O)CC3)c2c1. The van der Waals surface area contributed by atoms with Gasteiger partial charge in [-0.15, -0.1) is 0 Å². The molecular formula is C15H18ClN3O3S. The number of halogens is 1. The van der Waals surface area contributed by atoms with Crippen LogP contribution in [0.3, 0.4) is 0 Å². The molecule has 0 unspecified atom stereocenters. The van der Waals surface area contributed by atoms with Crippen LogP contribution in [0.2, 0.25) is 5.15 Å². The van der Waals surface area contributed by atoms with Crippen molar-refractivity contribution in [2.24, 2.45) is 0 Å². The molecule has 1 aromatic heterocycles. The molecule has 0 bridgehead atoms. The van der Waals surface area contributed by atoms with Gasteiger partial charge in [-0.1, -0.05) is 11.6 Å². The Kier molecular flexibility index (Phi) is 4.35. The zero-order chi connectivity index (χ0) is 16.6. The van der Waals surface area contributed by atoms with Crippen LogP contribution in [0.15, 0.2) is 24.4 Å². The maximum absolute atomic E-state index is 11.6. The molecule has 0 saturated carbocycles. The molecule has 1 aliphatic heterocycles. The molecule has 2 aromatic rings. The fraction of sp³-hybridized carbons (Fsp3) is 0.400. The number of benzene rings is 1. The van der Waals surface area contributed by atoms with Gasteiger partial charge in [-0.2, -0.15) is 4.31 Å². The van der Waals surface area contributed by atoms with E-state index in [1.165, 1.54) is 10.6 Å². The Balaban J connectivity index is 1.96. The third-order valence-electron chi connectivity index (χ3n) is 4.07. The molecule has 8 heteroatoms. The summed E-state index contributed by atoms with van der Waals surface area (Å²) in [5, 5.41) is 2.26. The third kappa shape index (κ3) is 3.22. The van der Waals surface area contributed by atoms with Gasteiger partial charge in [0.25, 0.3) is 0 Å². The number of hydrogen-bond acceptors (Lipinski definition) is 5. The predicted octanol–water partition coefficient (Wildman–Crippen LogP) is 1.98. The number of aromatic nitrogens is 1. The maximum Gasteiger partial charge on any atom is 0.211 e. The molecule has 0 radical (unpaired) electrons. The first-order valence-corrected chi connectivity index (χ1v) is 9.45. The van der Waals surface area contributed by atoms with Crippen molar-refractivity contribution < 1.29 is 13.2 Å². The normalized spacial score (nSPS) is 16.7. The highest BCUT2D eigenvalue weighted by Crippen LogP contribution is 2.33. The molecule has 3 rings (SSSR count). The van der Waals surface area contributed by atoms with E-state index in [1.54, 1.807) is 13.3 Å². The van der Waals surface area contributed by atoms with Gasteiger partial charge in [0.1, 0.15) is 10.9 Å². The minimum absolute atomic E-state index is 0.446. The standard InChI is InChI=1S/C15H18ClN3O3S/c1-22-11-3-4-12-13(9-11)14(10-17-15(12)16)18-5-7-19(8-6-18)23(2,20)21/h3-4,9-10H,5-8H2,1-2H3. The Hall–Kier alpha value is -1.57. The smallest absolute Gasteiger partial charge is 0.211 e. The van der Waals surface area contributed by atoms with Crippen LogP contribution in [0.4, 0.5) is 5.69 Å². The Morgan fingerprint density at radius 1 is 1.17 bits per heavy atom. The largest absolute Gasteiger partial charge is 0.497 e. The fourth-order valence-electron chi connectivity index (χ4n) is 2.81. The maximum atomic E-state index is 11.6. The van der Waals surface area contributed by atoms with E-state index in [4.69, 9.17) is 16.3 Å². The lowest BCUT2D eigenvalue weighted by Crippen LogP contribution is -2.48. The Bertz CT molecular complexity index is 833. The van der Waals surface area contributed by atoms with Crippen molar-refractivity contribution in [1.82, 2.24) is 9.29 Å². The number of methoxy groups -OCH3 is 1. The highest BCUT2D eigenvalue weighted by molar-refractivity contribution is 7.88. The molecular weight excluding hydrogens is 338 g/mol. The van der Waals surface area contributed by atoms with Crippen LogP contribution in [0.25, 0.3) is 10.8 Å². The number of rotatable bonds is 3. The highest BCUT2D eigenvalue weighted by Gasteiger charge is 2.24. The van der Waals surface area contributed by atoms with Gasteiger partial charge in [-0.05, 0) is 18.2 Å². The highest BCUT2D eigenvalue weighted by atomic mass is 35.5. The molecule has 1 aliphatic rings. The molecule has 1 fully saturated rings. The van der Waals surface area contributed by atoms with Gasteiger partial charge in [0.15, 0.2) is 0 Å². The van der Waals surface area contributed by atoms with Gasteiger partial charge in [-0.25, -0.2) is 13.4 Å². The minimum Gasteiger partial charge on any atom is -0.497 e. The van der Waals surface area contributed by atoms with Crippen LogP contribution in [-0.4, -0.2) is 57.3 Å². The van der Waals surface area contributed by atoms with Gasteiger partial charge in [0.05, 0.1) is 25.2 Å². The summed E-state index contributed by atoms with van der Waals surface area (Å²) < 4.78 is 30.1. The molecule has 6 nitrogen and oxygen atoms in total. The molecule has 0 spiro atoms. The van der Waals surface area contributed by atoms with Crippen molar-refractivity contribution in [3.05, 3.63) is 29.5 Å². The predicted molar refractivity (Wildman–Crippen MR) is 91.9 cm³/mol. The van der Waals surface area contributed by atoms with Crippen molar-refractivity contribution >= 4 is 38.1 Å². The second kappa shape index (κ2) is 6.14. The third-order valence-corrected chi connectivity index (χ3v) is 5.68. The lowest BCUT2D eigenvalue weighted by molar-refractivity contribution is 0.388. The quantitative estimate of drug-likeness (QED) is 0.788. The summed E-state index contributed by atoms with van der Waals surface area (Å²) in [6, 6.07) is 5.67. The summed E-state index contributed by atoms with van der Waals surface area (Å²) in [5.41, 5.74) is 0.941. The first-order valence-electron chi connectivity index (χ1n) is 7.22. The van der Waals surface area contributed by atoms with E-state index in [0.717, 1.165) is 22.2 Å². The molecule has 1 saturated heterocycles. The van der Waals surface area contributed by atoms with E-state index in [9.17, 15) is 8.42 Å². The summed E-state index contributed by atoms with van der Waals surface area (Å²) in [5.74, 6) is 0.746. The van der Waals surface area contributed by atoms with Gasteiger partial charge in [0, 0.05) is 37.0 Å². The van der Waals surface area contributed by atoms with Gasteiger partial charge >= 0.3 is 0 Å². The summed E-state index contributed by atoms with van der Waals surface area (Å²) in [7, 11) is -1.52. The molecule has 0 N–H and O–H groups in total. The molecule has 124 valence electrons. The van der Waals surface area contributed by atoms with Crippen LogP contribution < -0.4 is 9.64 Å². The summed E-state index contributed by atoms with van der Waals surface area (Å²) >= 11 is 6.19. The second-order valence-corrected chi connectivity index (χ2v) is 7.84. The molecule has 0 amide bonds. The Labute approximate surface area is 140 Å². The lowest BCUT2D eigenvalue weighted by atomic mass is 10.1. The average Bonchev–Trinajstić information content (AvgIpc) is 2.54. The van der Waals surface area contributed by atoms with E-state index < -0.39 is 10.0 Å². The minimum atomic E-state index is -3.14. The van der Waals surface area contributed by atoms with Crippen molar-refractivity contribution in [2.45, 2.75) is 0 Å². The van der Waals surface area contributed by atoms with Gasteiger partial charge in [0.2, 0.25) is 10.0 Å². The number of hydrogen-bond donors (Lipinski definition) is 0. The monoisotopic (exact) mass is 355 g/mol. The zero-order valence-corrected chi connectivity index (χ0v) is 14.6. The van der Waals surface area contributed by atoms with Gasteiger partial charge < -0.3 is 9.64 Å². The van der Waals surface area contributed by atoms with Gasteiger partial charge in [-0.3, -0.25) is 0 Å². The number of ether oxygens (including phenoxy) is 1. The molecule has 1 aromatic carbocycles. The van der Waals surface area contributed by atoms with E-state index >= 15 is 0 Å². The van der Waals surface area contributed by atoms with Crippen LogP contribution in [-0.2, 0) is 10.0 Å². The first kappa shape index (κ1) is 16.3. The average molecular weight is 356 g/mol. The molecule has 0 aliphatic carbocycles. The number of anilines is 1. The van der Waals surface area contributed by atoms with Crippen LogP contribution in [0, 0.1) is 0 Å². The van der Waals surface area contributed by atoms with Crippen LogP contribution in [0.1, 0.15) is 0 Å². The first-order chi connectivity index (χ1) is 10.9. The fourth-order valence-corrected chi connectivity index (χ4v) is 3.85. The van der Waals surface area contributed by atoms with Crippen molar-refractivity contribution in [2.75, 3.05) is 44.4 Å². The zero-order valence-electron chi connectivity index (χ0n) is 13.0. The molecule has 23 heavy (non-hydrogen) atoms. The van der Waals surface area contributed by atoms with E-state index in [2.05, 4.69) is 9.88 Å². The Morgan fingerprint density at radius 3 is 2.48 bits per heavy atom. The number of pyridine rings is 1. The Morgan fingerprint density at radius 2 is 1.87 bits per heavy atom. The van der Waals surface area contributed by atoms with Crippen LogP contribution in [0.5, 0.6) is 5.75 Å². The summed E-state index contributed by atoms with van der Waals surface area (Å²) in [4.78, 5) is 6.39. The lowest BCUT2D eigenvalue weighted by Gasteiger charge is -2.35. The van der Waals surface area contributed by atoms with Crippen molar-refractivity contribution in [1.29, 1.82) is 0 Å². The van der Waals surface area contributed by atoms with E-state index in [0.29, 0.717) is 31.3 Å². The van der Waals surface area contributed by atoms with E-state index in [-0.39, 0.29) is 0 Å². The van der Waals surface area contributed by atoms with Crippen molar-refractivity contribution in [3.8, 4) is 5.75 Å². The van der Waals surface area contributed by atoms with E-state index in [1.807, 2.05) is 18.2 Å². The molecule has 2 heterocycles. The number of nitrogens with zero attached hydrogens (tertiary/aromatic N) is 3. The second-order valence-electron chi connectivity index (χ2n) is 5.49. The van der Waals surface area contributed by atoms with Crippen LogP contribution >= 0.6 is 11.6 Å². The summed E-state index contributed by atoms with van der Waals surface area (Å²) in [6.07, 6.45) is 2.98. The topological polar surface area (TPSA) is 62.7 Å². The number of piperazine rings is 1. The number of sulfonamides is 1. The van der Waals surface area contributed by atoms with Crippen molar-refractivity contribution in [3.63, 3.8) is 0 Å².